The second-order valence-corrected chi connectivity index (χ2v) is 7.45. The number of hydrogen-bond donors (Lipinski definition) is 4. The molecule has 2 fully saturated rings. The van der Waals surface area contributed by atoms with Gasteiger partial charge in [-0.15, -0.1) is 0 Å². The number of anilines is 1. The summed E-state index contributed by atoms with van der Waals surface area (Å²) in [4.78, 5) is 14.2. The fraction of sp³-hybridized carbons (Fsp3) is 0.556. The van der Waals surface area contributed by atoms with Crippen LogP contribution in [0.2, 0.25) is 0 Å². The van der Waals surface area contributed by atoms with E-state index in [9.17, 15) is 28.2 Å². The molecule has 1 aromatic carbocycles. The van der Waals surface area contributed by atoms with Gasteiger partial charge in [0.25, 0.3) is 0 Å². The molecule has 0 unspecified atom stereocenters. The average Bonchev–Trinajstić information content (AvgIpc) is 3.01. The fourth-order valence-electron chi connectivity index (χ4n) is 3.88. The molecule has 0 bridgehead atoms. The summed E-state index contributed by atoms with van der Waals surface area (Å²) >= 11 is 5.30. The molecule has 1 aromatic rings. The first kappa shape index (κ1) is 21.8. The third-order valence-electron chi connectivity index (χ3n) is 5.24. The standard InChI is InChI=1S/C18H22F3N3O4S/c1-28-6-5-22-16(27)11-8-12(25)15(26)13-14(11)24(17(29)23-13)10-4-2-3-9(7-10)18(19,20)21/h2-4,7,11-15,25-26H,5-6,8H2,1H3,(H,22,27)(H,23,29)/t11-,12+,13-,14+,15-/m0/s1. The summed E-state index contributed by atoms with van der Waals surface area (Å²) in [5.41, 5.74) is -0.693. The van der Waals surface area contributed by atoms with Crippen molar-refractivity contribution in [2.24, 2.45) is 5.92 Å². The fourth-order valence-corrected chi connectivity index (χ4v) is 4.24. The normalized spacial score (nSPS) is 29.4. The van der Waals surface area contributed by atoms with Gasteiger partial charge in [0.05, 0.1) is 36.3 Å². The number of thiocarbonyl (C=S) groups is 1. The molecule has 1 aliphatic carbocycles. The maximum Gasteiger partial charge on any atom is 0.416 e. The Bertz CT molecular complexity index is 779. The number of alkyl halides is 3. The molecular formula is C18H22F3N3O4S. The van der Waals surface area contributed by atoms with Crippen molar-refractivity contribution in [2.75, 3.05) is 25.2 Å². The van der Waals surface area contributed by atoms with Crippen LogP contribution >= 0.6 is 12.2 Å². The average molecular weight is 433 g/mol. The predicted molar refractivity (Wildman–Crippen MR) is 102 cm³/mol. The lowest BCUT2D eigenvalue weighted by Gasteiger charge is -2.41. The molecule has 0 spiro atoms. The summed E-state index contributed by atoms with van der Waals surface area (Å²) in [5.74, 6) is -1.20. The zero-order valence-electron chi connectivity index (χ0n) is 15.5. The Morgan fingerprint density at radius 2 is 2.14 bits per heavy atom. The molecule has 1 aliphatic heterocycles. The van der Waals surface area contributed by atoms with Gasteiger partial charge in [0, 0.05) is 19.3 Å². The number of rotatable bonds is 5. The van der Waals surface area contributed by atoms with E-state index in [1.54, 1.807) is 0 Å². The van der Waals surface area contributed by atoms with Gasteiger partial charge >= 0.3 is 6.18 Å². The molecule has 29 heavy (non-hydrogen) atoms. The first-order valence-corrected chi connectivity index (χ1v) is 9.45. The van der Waals surface area contributed by atoms with E-state index < -0.39 is 47.9 Å². The van der Waals surface area contributed by atoms with Gasteiger partial charge in [-0.05, 0) is 36.8 Å². The maximum atomic E-state index is 13.2. The second-order valence-electron chi connectivity index (χ2n) is 7.07. The van der Waals surface area contributed by atoms with E-state index in [0.717, 1.165) is 12.1 Å². The number of nitrogens with zero attached hydrogens (tertiary/aromatic N) is 1. The van der Waals surface area contributed by atoms with E-state index in [0.29, 0.717) is 0 Å². The highest BCUT2D eigenvalue weighted by atomic mass is 32.1. The number of benzene rings is 1. The smallest absolute Gasteiger partial charge is 0.390 e. The van der Waals surface area contributed by atoms with Crippen molar-refractivity contribution in [1.82, 2.24) is 10.6 Å². The Hall–Kier alpha value is -1.95. The third-order valence-corrected chi connectivity index (χ3v) is 5.55. The van der Waals surface area contributed by atoms with Crippen molar-refractivity contribution in [2.45, 2.75) is 36.9 Å². The van der Waals surface area contributed by atoms with Crippen LogP contribution in [0.3, 0.4) is 0 Å². The number of aliphatic hydroxyl groups is 2. The summed E-state index contributed by atoms with van der Waals surface area (Å²) in [6, 6.07) is 3.06. The van der Waals surface area contributed by atoms with Gasteiger partial charge in [0.1, 0.15) is 6.10 Å². The Morgan fingerprint density at radius 1 is 1.41 bits per heavy atom. The lowest BCUT2D eigenvalue weighted by Crippen LogP contribution is -2.61. The SMILES string of the molecule is COCCNC(=O)[C@H]1C[C@@H](O)[C@H](O)[C@H]2NC(=S)N(c3cccc(C(F)(F)F)c3)[C@@H]21. The molecule has 2 aliphatic rings. The number of amides is 1. The van der Waals surface area contributed by atoms with Crippen molar-refractivity contribution in [1.29, 1.82) is 0 Å². The van der Waals surface area contributed by atoms with Crippen molar-refractivity contribution in [3.63, 3.8) is 0 Å². The number of fused-ring (bicyclic) bond motifs is 1. The highest BCUT2D eigenvalue weighted by molar-refractivity contribution is 7.80. The quantitative estimate of drug-likeness (QED) is 0.400. The van der Waals surface area contributed by atoms with Crippen LogP contribution in [-0.2, 0) is 15.7 Å². The Labute approximate surface area is 170 Å². The molecule has 3 rings (SSSR count). The van der Waals surface area contributed by atoms with Gasteiger partial charge in [-0.1, -0.05) is 6.07 Å². The summed E-state index contributed by atoms with van der Waals surface area (Å²) in [5, 5.41) is 26.2. The minimum atomic E-state index is -4.54. The molecule has 4 N–H and O–H groups in total. The zero-order chi connectivity index (χ0) is 21.3. The van der Waals surface area contributed by atoms with Crippen LogP contribution in [0.4, 0.5) is 18.9 Å². The van der Waals surface area contributed by atoms with E-state index in [1.165, 1.54) is 24.1 Å². The minimum Gasteiger partial charge on any atom is -0.390 e. The number of aliphatic hydroxyl groups excluding tert-OH is 2. The number of carbonyl (C=O) groups excluding carboxylic acids is 1. The van der Waals surface area contributed by atoms with E-state index in [1.807, 2.05) is 0 Å². The highest BCUT2D eigenvalue weighted by Gasteiger charge is 2.54. The molecule has 1 saturated carbocycles. The van der Waals surface area contributed by atoms with Crippen molar-refractivity contribution in [3.05, 3.63) is 29.8 Å². The van der Waals surface area contributed by atoms with Gasteiger partial charge in [-0.3, -0.25) is 4.79 Å². The maximum absolute atomic E-state index is 13.2. The second kappa shape index (κ2) is 8.42. The van der Waals surface area contributed by atoms with Crippen LogP contribution in [0.5, 0.6) is 0 Å². The lowest BCUT2D eigenvalue weighted by atomic mass is 9.77. The van der Waals surface area contributed by atoms with Gasteiger partial charge in [-0.2, -0.15) is 13.2 Å². The van der Waals surface area contributed by atoms with Crippen molar-refractivity contribution >= 4 is 28.9 Å². The number of halogens is 3. The number of methoxy groups -OCH3 is 1. The summed E-state index contributed by atoms with van der Waals surface area (Å²) < 4.78 is 44.4. The Morgan fingerprint density at radius 3 is 2.79 bits per heavy atom. The number of ether oxygens (including phenoxy) is 1. The van der Waals surface area contributed by atoms with E-state index in [2.05, 4.69) is 10.6 Å². The summed E-state index contributed by atoms with van der Waals surface area (Å²) in [6.45, 7) is 0.523. The highest BCUT2D eigenvalue weighted by Crippen LogP contribution is 2.38. The lowest BCUT2D eigenvalue weighted by molar-refractivity contribution is -0.137. The Balaban J connectivity index is 1.95. The van der Waals surface area contributed by atoms with Crippen molar-refractivity contribution in [3.8, 4) is 0 Å². The van der Waals surface area contributed by atoms with Gasteiger partial charge in [0.15, 0.2) is 5.11 Å². The predicted octanol–water partition coefficient (Wildman–Crippen LogP) is 0.641. The van der Waals surface area contributed by atoms with Crippen molar-refractivity contribution < 1.29 is 32.9 Å². The van der Waals surface area contributed by atoms with Crippen LogP contribution in [0.25, 0.3) is 0 Å². The van der Waals surface area contributed by atoms with Gasteiger partial charge < -0.3 is 30.5 Å². The largest absolute Gasteiger partial charge is 0.416 e. The molecule has 0 radical (unpaired) electrons. The monoisotopic (exact) mass is 433 g/mol. The topological polar surface area (TPSA) is 94.1 Å². The van der Waals surface area contributed by atoms with Crippen LogP contribution in [0, 0.1) is 5.92 Å². The van der Waals surface area contributed by atoms with Gasteiger partial charge in [-0.25, -0.2) is 0 Å². The molecule has 160 valence electrons. The molecule has 1 heterocycles. The molecule has 5 atom stereocenters. The minimum absolute atomic E-state index is 0.0547. The van der Waals surface area contributed by atoms with E-state index in [-0.39, 0.29) is 30.4 Å². The third kappa shape index (κ3) is 4.32. The summed E-state index contributed by atoms with van der Waals surface area (Å²) in [7, 11) is 1.48. The van der Waals surface area contributed by atoms with E-state index in [4.69, 9.17) is 17.0 Å². The van der Waals surface area contributed by atoms with E-state index >= 15 is 0 Å². The first-order valence-electron chi connectivity index (χ1n) is 9.05. The van der Waals surface area contributed by atoms with Gasteiger partial charge in [0.2, 0.25) is 5.91 Å². The molecule has 0 aromatic heterocycles. The number of hydrogen-bond acceptors (Lipinski definition) is 5. The molecule has 1 amide bonds. The molecule has 7 nitrogen and oxygen atoms in total. The molecular weight excluding hydrogens is 411 g/mol. The first-order chi connectivity index (χ1) is 13.6. The van der Waals surface area contributed by atoms with Crippen LogP contribution in [0.1, 0.15) is 12.0 Å². The van der Waals surface area contributed by atoms with Crippen LogP contribution < -0.4 is 15.5 Å². The number of nitrogens with one attached hydrogen (secondary N) is 2. The van der Waals surface area contributed by atoms with Crippen LogP contribution in [-0.4, -0.2) is 65.8 Å². The molecule has 11 heteroatoms. The van der Waals surface area contributed by atoms with Crippen LogP contribution in [0.15, 0.2) is 24.3 Å². The Kier molecular flexibility index (Phi) is 6.32. The number of carbonyl (C=O) groups is 1. The molecule has 1 saturated heterocycles. The zero-order valence-corrected chi connectivity index (χ0v) is 16.3. The summed E-state index contributed by atoms with van der Waals surface area (Å²) in [6.07, 6.45) is -6.99.